The van der Waals surface area contributed by atoms with E-state index in [0.29, 0.717) is 17.6 Å². The summed E-state index contributed by atoms with van der Waals surface area (Å²) in [5, 5.41) is 9.90. The molecule has 0 saturated carbocycles. The molecule has 0 fully saturated rings. The van der Waals surface area contributed by atoms with Gasteiger partial charge in [-0.25, -0.2) is 4.98 Å². The summed E-state index contributed by atoms with van der Waals surface area (Å²) in [5.74, 6) is 1.83. The van der Waals surface area contributed by atoms with E-state index in [-0.39, 0.29) is 0 Å². The normalized spacial score (nSPS) is 12.1. The molecule has 0 aliphatic carbocycles. The van der Waals surface area contributed by atoms with Crippen LogP contribution in [0.2, 0.25) is 0 Å². The lowest BCUT2D eigenvalue weighted by Crippen LogP contribution is -2.15. The predicted molar refractivity (Wildman–Crippen MR) is 257 cm³/mol. The van der Waals surface area contributed by atoms with Crippen molar-refractivity contribution in [2.45, 2.75) is 0 Å². The third-order valence-electron chi connectivity index (χ3n) is 11.3. The number of anilines is 3. The first kappa shape index (κ1) is 33.4. The van der Waals surface area contributed by atoms with E-state index in [1.54, 1.807) is 11.3 Å². The Kier molecular flexibility index (Phi) is 7.35. The highest BCUT2D eigenvalue weighted by molar-refractivity contribution is 7.27. The van der Waals surface area contributed by atoms with Gasteiger partial charge in [-0.3, -0.25) is 4.90 Å². The van der Waals surface area contributed by atoms with Crippen LogP contribution in [0.5, 0.6) is 0 Å². The fraction of sp³-hybridized carbons (Fsp3) is 0. The summed E-state index contributed by atoms with van der Waals surface area (Å²) in [6.07, 6.45) is 0. The molecule has 276 valence electrons. The average Bonchev–Trinajstić information content (AvgIpc) is 4.06. The van der Waals surface area contributed by atoms with E-state index in [0.717, 1.165) is 22.5 Å². The molecule has 0 amide bonds. The molecule has 59 heavy (non-hydrogen) atoms. The van der Waals surface area contributed by atoms with Crippen molar-refractivity contribution in [3.63, 3.8) is 0 Å². The van der Waals surface area contributed by atoms with Crippen molar-refractivity contribution >= 4 is 143 Å². The van der Waals surface area contributed by atoms with Crippen LogP contribution >= 0.6 is 45.3 Å². The van der Waals surface area contributed by atoms with Gasteiger partial charge in [0.2, 0.25) is 5.95 Å². The zero-order valence-electron chi connectivity index (χ0n) is 31.1. The Morgan fingerprint density at radius 2 is 0.661 bits per heavy atom. The second-order valence-corrected chi connectivity index (χ2v) is 19.1. The second kappa shape index (κ2) is 13.0. The van der Waals surface area contributed by atoms with Gasteiger partial charge < -0.3 is 0 Å². The smallest absolute Gasteiger partial charge is 0.238 e. The van der Waals surface area contributed by atoms with E-state index in [1.165, 1.54) is 80.7 Å². The van der Waals surface area contributed by atoms with Crippen LogP contribution in [0.3, 0.4) is 0 Å². The van der Waals surface area contributed by atoms with Crippen LogP contribution in [0.4, 0.5) is 17.3 Å². The van der Waals surface area contributed by atoms with E-state index >= 15 is 0 Å². The number of fused-ring (bicyclic) bond motifs is 12. The monoisotopic (exact) mass is 824 g/mol. The van der Waals surface area contributed by atoms with Crippen LogP contribution in [0.25, 0.3) is 103 Å². The van der Waals surface area contributed by atoms with E-state index in [2.05, 4.69) is 175 Å². The minimum atomic E-state index is 0.564. The maximum absolute atomic E-state index is 5.43. The van der Waals surface area contributed by atoms with Crippen molar-refractivity contribution in [3.8, 4) is 22.8 Å². The predicted octanol–water partition coefficient (Wildman–Crippen LogP) is 16.1. The molecule has 8 heteroatoms. The van der Waals surface area contributed by atoms with Gasteiger partial charge in [0, 0.05) is 103 Å². The number of hydrogen-bond donors (Lipinski definition) is 0. The van der Waals surface area contributed by atoms with Gasteiger partial charge in [0.25, 0.3) is 0 Å². The molecule has 0 atom stereocenters. The molecule has 0 spiro atoms. The van der Waals surface area contributed by atoms with Gasteiger partial charge in [-0.15, -0.1) is 45.3 Å². The lowest BCUT2D eigenvalue weighted by Gasteiger charge is -2.24. The van der Waals surface area contributed by atoms with Gasteiger partial charge in [-0.2, -0.15) is 9.97 Å². The van der Waals surface area contributed by atoms with Crippen LogP contribution in [0.15, 0.2) is 170 Å². The number of hydrogen-bond acceptors (Lipinski definition) is 8. The van der Waals surface area contributed by atoms with Crippen LogP contribution in [0.1, 0.15) is 0 Å². The summed E-state index contributed by atoms with van der Waals surface area (Å²) < 4.78 is 10.0. The third-order valence-corrected chi connectivity index (χ3v) is 15.9. The van der Waals surface area contributed by atoms with Crippen molar-refractivity contribution in [2.24, 2.45) is 0 Å². The molecular weight excluding hydrogens is 797 g/mol. The highest BCUT2D eigenvalue weighted by atomic mass is 32.1. The second-order valence-electron chi connectivity index (χ2n) is 14.8. The highest BCUT2D eigenvalue weighted by Gasteiger charge is 2.23. The third kappa shape index (κ3) is 5.34. The van der Waals surface area contributed by atoms with Gasteiger partial charge in [0.05, 0.1) is 0 Å². The van der Waals surface area contributed by atoms with Gasteiger partial charge in [0.15, 0.2) is 11.6 Å². The van der Waals surface area contributed by atoms with Crippen LogP contribution < -0.4 is 4.90 Å². The molecular formula is C51H28N4S4. The molecule has 13 aromatic rings. The first-order valence-corrected chi connectivity index (χ1v) is 22.7. The standard InChI is InChI=1S/C51H28N4S4/c1-5-13-41-33(9-1)37-21-17-30(26-48(37)59-41)50-52-49(29-18-22-45-38(25-29)34-10-2-6-14-42(34)56-45)53-51(54-50)55(31-19-23-46-39(27-31)35-11-3-7-15-43(35)57-46)32-20-24-47-40(28-32)36-12-4-8-16-44(36)58-47/h1-28H. The molecule has 13 rings (SSSR count). The highest BCUT2D eigenvalue weighted by Crippen LogP contribution is 2.44. The first-order valence-electron chi connectivity index (χ1n) is 19.4. The van der Waals surface area contributed by atoms with Crippen molar-refractivity contribution in [2.75, 3.05) is 4.90 Å². The molecule has 5 aromatic heterocycles. The summed E-state index contributed by atoms with van der Waals surface area (Å²) in [6.45, 7) is 0. The summed E-state index contributed by atoms with van der Waals surface area (Å²) in [7, 11) is 0. The molecule has 0 N–H and O–H groups in total. The number of thiophene rings is 4. The van der Waals surface area contributed by atoms with Crippen molar-refractivity contribution < 1.29 is 0 Å². The minimum Gasteiger partial charge on any atom is -0.279 e. The van der Waals surface area contributed by atoms with Crippen LogP contribution in [0, 0.1) is 0 Å². The number of rotatable bonds is 5. The topological polar surface area (TPSA) is 41.9 Å². The summed E-state index contributed by atoms with van der Waals surface area (Å²) >= 11 is 7.27. The number of nitrogens with zero attached hydrogens (tertiary/aromatic N) is 4. The molecule has 5 heterocycles. The first-order chi connectivity index (χ1) is 29.2. The maximum Gasteiger partial charge on any atom is 0.238 e. The van der Waals surface area contributed by atoms with E-state index in [9.17, 15) is 0 Å². The zero-order chi connectivity index (χ0) is 38.6. The molecule has 0 saturated heterocycles. The van der Waals surface area contributed by atoms with Gasteiger partial charge >= 0.3 is 0 Å². The zero-order valence-corrected chi connectivity index (χ0v) is 34.4. The van der Waals surface area contributed by atoms with Gasteiger partial charge in [-0.1, -0.05) is 84.9 Å². The van der Waals surface area contributed by atoms with Gasteiger partial charge in [-0.05, 0) is 84.9 Å². The lowest BCUT2D eigenvalue weighted by molar-refractivity contribution is 1.02. The SMILES string of the molecule is c1ccc2c(c1)sc1cc(-c3nc(-c4ccc5sc6ccccc6c5c4)nc(N(c4ccc5sc6ccccc6c5c4)c4ccc5sc6ccccc6c5c4)n3)ccc12. The summed E-state index contributed by atoms with van der Waals surface area (Å²) in [6, 6.07) is 61.4. The van der Waals surface area contributed by atoms with E-state index < -0.39 is 0 Å². The van der Waals surface area contributed by atoms with E-state index in [4.69, 9.17) is 15.0 Å². The van der Waals surface area contributed by atoms with Crippen LogP contribution in [-0.4, -0.2) is 15.0 Å². The molecule has 0 aliphatic rings. The minimum absolute atomic E-state index is 0.564. The van der Waals surface area contributed by atoms with Crippen molar-refractivity contribution in [3.05, 3.63) is 170 Å². The van der Waals surface area contributed by atoms with Crippen molar-refractivity contribution in [1.82, 2.24) is 15.0 Å². The Morgan fingerprint density at radius 3 is 1.19 bits per heavy atom. The molecule has 0 aliphatic heterocycles. The Balaban J connectivity index is 1.08. The number of aromatic nitrogens is 3. The van der Waals surface area contributed by atoms with Gasteiger partial charge in [0.1, 0.15) is 0 Å². The lowest BCUT2D eigenvalue weighted by atomic mass is 10.1. The average molecular weight is 825 g/mol. The molecule has 0 bridgehead atoms. The maximum atomic E-state index is 5.43. The molecule has 8 aromatic carbocycles. The quantitative estimate of drug-likeness (QED) is 0.173. The Morgan fingerprint density at radius 1 is 0.288 bits per heavy atom. The summed E-state index contributed by atoms with van der Waals surface area (Å²) in [5.41, 5.74) is 3.88. The summed E-state index contributed by atoms with van der Waals surface area (Å²) in [4.78, 5) is 18.4. The molecule has 0 unspecified atom stereocenters. The van der Waals surface area contributed by atoms with Crippen molar-refractivity contribution in [1.29, 1.82) is 0 Å². The molecule has 4 nitrogen and oxygen atoms in total. The number of benzene rings is 8. The Labute approximate surface area is 353 Å². The van der Waals surface area contributed by atoms with Crippen LogP contribution in [-0.2, 0) is 0 Å². The fourth-order valence-electron chi connectivity index (χ4n) is 8.54. The largest absolute Gasteiger partial charge is 0.279 e. The molecule has 0 radical (unpaired) electrons. The van der Waals surface area contributed by atoms with E-state index in [1.807, 2.05) is 34.0 Å². The fourth-order valence-corrected chi connectivity index (χ4v) is 12.9. The Bertz CT molecular complexity index is 3720. The Hall–Kier alpha value is -6.55.